The van der Waals surface area contributed by atoms with Crippen molar-refractivity contribution >= 4 is 45.2 Å². The number of amidine groups is 2. The summed E-state index contributed by atoms with van der Waals surface area (Å²) in [5.74, 6) is 1.84. The Morgan fingerprint density at radius 3 is 2.26 bits per heavy atom. The van der Waals surface area contributed by atoms with Gasteiger partial charge in [-0.05, 0) is 72.9 Å². The molecule has 2 aliphatic heterocycles. The monoisotopic (exact) mass is 494 g/mol. The van der Waals surface area contributed by atoms with Crippen molar-refractivity contribution in [3.05, 3.63) is 58.7 Å². The van der Waals surface area contributed by atoms with Gasteiger partial charge in [0.1, 0.15) is 0 Å². The highest BCUT2D eigenvalue weighted by Gasteiger charge is 2.30. The Labute approximate surface area is 213 Å². The van der Waals surface area contributed by atoms with Crippen molar-refractivity contribution in [3.63, 3.8) is 0 Å². The molecule has 34 heavy (non-hydrogen) atoms. The molecule has 2 aliphatic rings. The standard InChI is InChI=1S/C28H38N4S2/c1-17(2)22-9-7-19(5)15-25(22)31-13-11-26(34-27(31)29)21-8-10-24(23(16-21)18(3)4)32-20(6)12-14-33-28(32)30/h7-10,15-18,20,26,29-30H,11-14H2,1-6H3. The first-order chi connectivity index (χ1) is 16.2. The fraction of sp³-hybridized carbons (Fsp3) is 0.500. The van der Waals surface area contributed by atoms with Crippen molar-refractivity contribution in [2.75, 3.05) is 22.1 Å². The van der Waals surface area contributed by atoms with Gasteiger partial charge in [0.05, 0.1) is 0 Å². The van der Waals surface area contributed by atoms with Crippen LogP contribution in [0, 0.1) is 17.7 Å². The molecule has 2 saturated heterocycles. The van der Waals surface area contributed by atoms with E-state index in [1.54, 1.807) is 23.5 Å². The summed E-state index contributed by atoms with van der Waals surface area (Å²) < 4.78 is 0. The van der Waals surface area contributed by atoms with Gasteiger partial charge in [0, 0.05) is 35.0 Å². The molecule has 4 rings (SSSR count). The second-order valence-electron chi connectivity index (χ2n) is 10.2. The first-order valence-electron chi connectivity index (χ1n) is 12.4. The second kappa shape index (κ2) is 10.4. The van der Waals surface area contributed by atoms with Gasteiger partial charge in [-0.15, -0.1) is 0 Å². The number of benzene rings is 2. The van der Waals surface area contributed by atoms with Gasteiger partial charge in [-0.2, -0.15) is 0 Å². The van der Waals surface area contributed by atoms with E-state index in [1.165, 1.54) is 33.6 Å². The maximum atomic E-state index is 8.91. The van der Waals surface area contributed by atoms with Crippen molar-refractivity contribution in [1.82, 2.24) is 0 Å². The Kier molecular flexibility index (Phi) is 7.68. The quantitative estimate of drug-likeness (QED) is 0.440. The molecule has 0 spiro atoms. The number of nitrogens with one attached hydrogen (secondary N) is 2. The van der Waals surface area contributed by atoms with E-state index in [1.807, 2.05) is 0 Å². The van der Waals surface area contributed by atoms with Crippen LogP contribution in [0.1, 0.15) is 86.8 Å². The molecule has 4 nitrogen and oxygen atoms in total. The van der Waals surface area contributed by atoms with Gasteiger partial charge < -0.3 is 9.80 Å². The summed E-state index contributed by atoms with van der Waals surface area (Å²) in [6.07, 6.45) is 2.12. The van der Waals surface area contributed by atoms with Gasteiger partial charge in [-0.1, -0.05) is 75.5 Å². The van der Waals surface area contributed by atoms with E-state index < -0.39 is 0 Å². The molecule has 182 valence electrons. The van der Waals surface area contributed by atoms with Gasteiger partial charge in [-0.3, -0.25) is 10.8 Å². The van der Waals surface area contributed by atoms with Crippen LogP contribution in [0.4, 0.5) is 11.4 Å². The predicted octanol–water partition coefficient (Wildman–Crippen LogP) is 8.13. The van der Waals surface area contributed by atoms with Crippen LogP contribution in [0.25, 0.3) is 0 Å². The number of aryl methyl sites for hydroxylation is 1. The topological polar surface area (TPSA) is 54.2 Å². The number of hydrogen-bond acceptors (Lipinski definition) is 4. The maximum absolute atomic E-state index is 8.91. The Hall–Kier alpha value is -1.92. The lowest BCUT2D eigenvalue weighted by Crippen LogP contribution is -2.41. The van der Waals surface area contributed by atoms with Crippen LogP contribution in [0.15, 0.2) is 36.4 Å². The number of rotatable bonds is 5. The Morgan fingerprint density at radius 1 is 0.882 bits per heavy atom. The van der Waals surface area contributed by atoms with Gasteiger partial charge in [0.2, 0.25) is 0 Å². The molecule has 2 aromatic carbocycles. The highest BCUT2D eigenvalue weighted by atomic mass is 32.2. The van der Waals surface area contributed by atoms with E-state index in [0.29, 0.717) is 28.2 Å². The zero-order valence-electron chi connectivity index (χ0n) is 21.3. The molecule has 2 heterocycles. The van der Waals surface area contributed by atoms with E-state index in [-0.39, 0.29) is 5.25 Å². The van der Waals surface area contributed by atoms with Crippen molar-refractivity contribution < 1.29 is 0 Å². The molecular formula is C28H38N4S2. The van der Waals surface area contributed by atoms with E-state index >= 15 is 0 Å². The molecule has 0 radical (unpaired) electrons. The molecular weight excluding hydrogens is 456 g/mol. The molecule has 2 N–H and O–H groups in total. The minimum Gasteiger partial charge on any atom is -0.321 e. The molecule has 0 aliphatic carbocycles. The third-order valence-corrected chi connectivity index (χ3v) is 9.10. The van der Waals surface area contributed by atoms with E-state index in [2.05, 4.69) is 87.7 Å². The first kappa shape index (κ1) is 25.2. The van der Waals surface area contributed by atoms with Crippen molar-refractivity contribution in [3.8, 4) is 0 Å². The Bertz CT molecular complexity index is 1080. The lowest BCUT2D eigenvalue weighted by molar-refractivity contribution is 0.694. The summed E-state index contributed by atoms with van der Waals surface area (Å²) in [6, 6.07) is 13.8. The molecule has 2 aromatic rings. The van der Waals surface area contributed by atoms with Crippen LogP contribution >= 0.6 is 23.5 Å². The van der Waals surface area contributed by atoms with E-state index in [0.717, 1.165) is 25.1 Å². The molecule has 2 fully saturated rings. The SMILES string of the molecule is Cc1ccc(C(C)C)c(N2CCC(c3ccc(N4C(=N)SCCC4C)c(C(C)C)c3)SC2=N)c1. The molecule has 2 unspecified atom stereocenters. The predicted molar refractivity (Wildman–Crippen MR) is 153 cm³/mol. The minimum atomic E-state index is 0.287. The van der Waals surface area contributed by atoms with E-state index in [4.69, 9.17) is 10.8 Å². The average molecular weight is 495 g/mol. The largest absolute Gasteiger partial charge is 0.321 e. The fourth-order valence-electron chi connectivity index (χ4n) is 4.97. The maximum Gasteiger partial charge on any atom is 0.161 e. The molecule has 0 bridgehead atoms. The van der Waals surface area contributed by atoms with E-state index in [9.17, 15) is 0 Å². The molecule has 2 atom stereocenters. The highest BCUT2D eigenvalue weighted by molar-refractivity contribution is 8.14. The zero-order chi connectivity index (χ0) is 24.6. The minimum absolute atomic E-state index is 0.287. The molecule has 0 aromatic heterocycles. The third kappa shape index (κ3) is 5.03. The summed E-state index contributed by atoms with van der Waals surface area (Å²) in [6.45, 7) is 14.2. The highest BCUT2D eigenvalue weighted by Crippen LogP contribution is 2.43. The molecule has 6 heteroatoms. The zero-order valence-corrected chi connectivity index (χ0v) is 22.9. The van der Waals surface area contributed by atoms with Gasteiger partial charge >= 0.3 is 0 Å². The van der Waals surface area contributed by atoms with Gasteiger partial charge in [0.15, 0.2) is 10.3 Å². The van der Waals surface area contributed by atoms with Crippen molar-refractivity contribution in [1.29, 1.82) is 10.8 Å². The van der Waals surface area contributed by atoms with Crippen molar-refractivity contribution in [2.45, 2.75) is 77.5 Å². The lowest BCUT2D eigenvalue weighted by atomic mass is 9.95. The third-order valence-electron chi connectivity index (χ3n) is 6.95. The van der Waals surface area contributed by atoms with Crippen molar-refractivity contribution in [2.24, 2.45) is 0 Å². The van der Waals surface area contributed by atoms with Gasteiger partial charge in [0.25, 0.3) is 0 Å². The van der Waals surface area contributed by atoms with Crippen LogP contribution in [0.5, 0.6) is 0 Å². The summed E-state index contributed by atoms with van der Waals surface area (Å²) in [4.78, 5) is 4.42. The van der Waals surface area contributed by atoms with Crippen LogP contribution in [0.3, 0.4) is 0 Å². The van der Waals surface area contributed by atoms with Gasteiger partial charge in [-0.25, -0.2) is 0 Å². The van der Waals surface area contributed by atoms with Crippen LogP contribution in [-0.4, -0.2) is 28.7 Å². The number of hydrogen-bond donors (Lipinski definition) is 2. The average Bonchev–Trinajstić information content (AvgIpc) is 2.78. The summed E-state index contributed by atoms with van der Waals surface area (Å²) in [7, 11) is 0. The first-order valence-corrected chi connectivity index (χ1v) is 14.3. The van der Waals surface area contributed by atoms with Crippen LogP contribution < -0.4 is 9.80 Å². The summed E-state index contributed by atoms with van der Waals surface area (Å²) in [5.41, 5.74) is 7.55. The molecule has 0 amide bonds. The summed E-state index contributed by atoms with van der Waals surface area (Å²) in [5, 5.41) is 19.1. The van der Waals surface area contributed by atoms with Crippen LogP contribution in [0.2, 0.25) is 0 Å². The Balaban J connectivity index is 1.59. The summed E-state index contributed by atoms with van der Waals surface area (Å²) >= 11 is 3.33. The molecule has 0 saturated carbocycles. The second-order valence-corrected chi connectivity index (χ2v) is 12.5. The van der Waals surface area contributed by atoms with Crippen LogP contribution in [-0.2, 0) is 0 Å². The number of nitrogens with zero attached hydrogens (tertiary/aromatic N) is 2. The Morgan fingerprint density at radius 2 is 1.62 bits per heavy atom. The normalized spacial score (nSPS) is 21.6. The smallest absolute Gasteiger partial charge is 0.161 e. The number of thioether (sulfide) groups is 2. The lowest BCUT2D eigenvalue weighted by Gasteiger charge is -2.38. The number of anilines is 2. The fourth-order valence-corrected chi connectivity index (χ4v) is 7.13.